The Balaban J connectivity index is 2.06. The molecule has 1 amide bonds. The fourth-order valence-electron chi connectivity index (χ4n) is 2.36. The van der Waals surface area contributed by atoms with Gasteiger partial charge in [0, 0.05) is 11.0 Å². The lowest BCUT2D eigenvalue weighted by Crippen LogP contribution is -2.37. The minimum absolute atomic E-state index is 0.117. The first-order valence-electron chi connectivity index (χ1n) is 7.93. The van der Waals surface area contributed by atoms with Gasteiger partial charge in [-0.15, -0.1) is 11.3 Å². The lowest BCUT2D eigenvalue weighted by atomic mass is 10.1. The van der Waals surface area contributed by atoms with Crippen LogP contribution in [0.2, 0.25) is 0 Å². The molecule has 0 fully saturated rings. The van der Waals surface area contributed by atoms with Crippen LogP contribution in [0.25, 0.3) is 6.08 Å². The molecule has 6 nitrogen and oxygen atoms in total. The molecular weight excluding hydrogens is 354 g/mol. The van der Waals surface area contributed by atoms with Crippen LogP contribution >= 0.6 is 11.3 Å². The molecule has 0 spiro atoms. The number of aliphatic hydroxyl groups is 1. The van der Waals surface area contributed by atoms with E-state index in [9.17, 15) is 9.90 Å². The summed E-state index contributed by atoms with van der Waals surface area (Å²) in [7, 11) is 4.59. The molecule has 0 saturated carbocycles. The van der Waals surface area contributed by atoms with E-state index in [0.717, 1.165) is 10.4 Å². The number of rotatable bonds is 8. The summed E-state index contributed by atoms with van der Waals surface area (Å²) in [6, 6.07) is 7.18. The van der Waals surface area contributed by atoms with E-state index in [2.05, 4.69) is 5.32 Å². The zero-order valence-electron chi connectivity index (χ0n) is 15.2. The van der Waals surface area contributed by atoms with Crippen molar-refractivity contribution in [1.29, 1.82) is 0 Å². The van der Waals surface area contributed by atoms with Crippen LogP contribution < -0.4 is 19.5 Å². The van der Waals surface area contributed by atoms with Gasteiger partial charge in [-0.2, -0.15) is 0 Å². The first-order valence-corrected chi connectivity index (χ1v) is 8.81. The largest absolute Gasteiger partial charge is 0.493 e. The van der Waals surface area contributed by atoms with Gasteiger partial charge in [-0.1, -0.05) is 6.07 Å². The van der Waals surface area contributed by atoms with E-state index < -0.39 is 5.60 Å². The van der Waals surface area contributed by atoms with E-state index in [1.54, 1.807) is 25.1 Å². The van der Waals surface area contributed by atoms with Crippen LogP contribution in [0.1, 0.15) is 17.4 Å². The second kappa shape index (κ2) is 8.73. The van der Waals surface area contributed by atoms with Gasteiger partial charge in [0.15, 0.2) is 11.5 Å². The molecule has 26 heavy (non-hydrogen) atoms. The van der Waals surface area contributed by atoms with E-state index in [1.807, 2.05) is 17.5 Å². The van der Waals surface area contributed by atoms with Gasteiger partial charge in [0.05, 0.1) is 27.9 Å². The number of benzene rings is 1. The van der Waals surface area contributed by atoms with Crippen molar-refractivity contribution in [2.75, 3.05) is 27.9 Å². The maximum absolute atomic E-state index is 12.1. The van der Waals surface area contributed by atoms with Crippen LogP contribution in [0.15, 0.2) is 35.7 Å². The zero-order valence-corrected chi connectivity index (χ0v) is 16.1. The molecule has 0 bridgehead atoms. The predicted octanol–water partition coefficient (Wildman–Crippen LogP) is 2.81. The summed E-state index contributed by atoms with van der Waals surface area (Å²) in [5, 5.41) is 15.0. The highest BCUT2D eigenvalue weighted by molar-refractivity contribution is 7.10. The average Bonchev–Trinajstić information content (AvgIpc) is 3.19. The summed E-state index contributed by atoms with van der Waals surface area (Å²) in [6.45, 7) is 1.79. The smallest absolute Gasteiger partial charge is 0.244 e. The maximum Gasteiger partial charge on any atom is 0.244 e. The fourth-order valence-corrected chi connectivity index (χ4v) is 3.15. The summed E-state index contributed by atoms with van der Waals surface area (Å²) in [4.78, 5) is 12.9. The summed E-state index contributed by atoms with van der Waals surface area (Å²) < 4.78 is 15.8. The summed E-state index contributed by atoms with van der Waals surface area (Å²) in [6.07, 6.45) is 3.03. The molecule has 7 heteroatoms. The van der Waals surface area contributed by atoms with Gasteiger partial charge in [0.25, 0.3) is 0 Å². The number of thiophene rings is 1. The Kier molecular flexibility index (Phi) is 6.65. The second-order valence-corrected chi connectivity index (χ2v) is 6.71. The molecule has 0 aliphatic rings. The van der Waals surface area contributed by atoms with Crippen LogP contribution in [0, 0.1) is 0 Å². The van der Waals surface area contributed by atoms with Crippen LogP contribution in [-0.2, 0) is 10.4 Å². The Bertz CT molecular complexity index is 743. The predicted molar refractivity (Wildman–Crippen MR) is 102 cm³/mol. The Morgan fingerprint density at radius 3 is 2.38 bits per heavy atom. The molecule has 2 N–H and O–H groups in total. The second-order valence-electron chi connectivity index (χ2n) is 5.76. The standard InChI is InChI=1S/C19H23NO5S/c1-19(22,16-6-5-9-26-16)12-20-17(21)8-7-13-10-14(23-2)18(25-4)15(11-13)24-3/h5-11,22H,12H2,1-4H3,(H,20,21)/b8-7+. The molecule has 1 unspecified atom stereocenters. The lowest BCUT2D eigenvalue weighted by molar-refractivity contribution is -0.117. The molecule has 1 heterocycles. The number of ether oxygens (including phenoxy) is 3. The number of hydrogen-bond donors (Lipinski definition) is 2. The highest BCUT2D eigenvalue weighted by Gasteiger charge is 2.24. The van der Waals surface area contributed by atoms with Crippen molar-refractivity contribution in [1.82, 2.24) is 5.32 Å². The highest BCUT2D eigenvalue weighted by atomic mass is 32.1. The Morgan fingerprint density at radius 1 is 1.23 bits per heavy atom. The number of carbonyl (C=O) groups excluding carboxylic acids is 1. The van der Waals surface area contributed by atoms with Crippen molar-refractivity contribution < 1.29 is 24.1 Å². The first-order chi connectivity index (χ1) is 12.4. The van der Waals surface area contributed by atoms with Crippen molar-refractivity contribution >= 4 is 23.3 Å². The van der Waals surface area contributed by atoms with E-state index in [4.69, 9.17) is 14.2 Å². The molecule has 1 aromatic heterocycles. The number of nitrogens with one attached hydrogen (secondary N) is 1. The zero-order chi connectivity index (χ0) is 19.2. The molecule has 0 saturated heterocycles. The summed E-state index contributed by atoms with van der Waals surface area (Å²) in [5.74, 6) is 1.19. The molecule has 0 aliphatic carbocycles. The van der Waals surface area contributed by atoms with E-state index in [0.29, 0.717) is 17.2 Å². The van der Waals surface area contributed by atoms with E-state index >= 15 is 0 Å². The molecule has 1 aromatic carbocycles. The third-order valence-corrected chi connectivity index (χ3v) is 4.90. The molecule has 1 atom stereocenters. The van der Waals surface area contributed by atoms with Crippen molar-refractivity contribution in [3.05, 3.63) is 46.2 Å². The number of methoxy groups -OCH3 is 3. The van der Waals surface area contributed by atoms with Gasteiger partial charge in [0.1, 0.15) is 5.60 Å². The molecule has 0 radical (unpaired) electrons. The molecule has 0 aliphatic heterocycles. The third kappa shape index (κ3) is 4.77. The first kappa shape index (κ1) is 19.8. The van der Waals surface area contributed by atoms with Crippen molar-refractivity contribution in [2.24, 2.45) is 0 Å². The van der Waals surface area contributed by atoms with Gasteiger partial charge in [-0.05, 0) is 42.1 Å². The van der Waals surface area contributed by atoms with Gasteiger partial charge in [0.2, 0.25) is 11.7 Å². The minimum Gasteiger partial charge on any atom is -0.493 e. The Morgan fingerprint density at radius 2 is 1.88 bits per heavy atom. The normalized spacial score (nSPS) is 13.3. The molecular formula is C19H23NO5S. The van der Waals surface area contributed by atoms with Crippen LogP contribution in [0.4, 0.5) is 0 Å². The quantitative estimate of drug-likeness (QED) is 0.692. The number of carbonyl (C=O) groups is 1. The maximum atomic E-state index is 12.1. The van der Waals surface area contributed by atoms with Crippen LogP contribution in [0.5, 0.6) is 17.2 Å². The van der Waals surface area contributed by atoms with E-state index in [-0.39, 0.29) is 12.5 Å². The fraction of sp³-hybridized carbons (Fsp3) is 0.316. The average molecular weight is 377 g/mol. The molecule has 2 rings (SSSR count). The minimum atomic E-state index is -1.11. The molecule has 140 valence electrons. The Hall–Kier alpha value is -2.51. The summed E-state index contributed by atoms with van der Waals surface area (Å²) in [5.41, 5.74) is -0.385. The van der Waals surface area contributed by atoms with Crippen LogP contribution in [0.3, 0.4) is 0 Å². The third-order valence-electron chi connectivity index (χ3n) is 3.77. The van der Waals surface area contributed by atoms with Gasteiger partial charge in [-0.3, -0.25) is 4.79 Å². The molecule has 2 aromatic rings. The highest BCUT2D eigenvalue weighted by Crippen LogP contribution is 2.38. The van der Waals surface area contributed by atoms with E-state index in [1.165, 1.54) is 38.7 Å². The number of amides is 1. The SMILES string of the molecule is COc1cc(/C=C/C(=O)NCC(C)(O)c2cccs2)cc(OC)c1OC. The monoisotopic (exact) mass is 377 g/mol. The lowest BCUT2D eigenvalue weighted by Gasteiger charge is -2.21. The van der Waals surface area contributed by atoms with Gasteiger partial charge < -0.3 is 24.6 Å². The van der Waals surface area contributed by atoms with Gasteiger partial charge in [-0.25, -0.2) is 0 Å². The van der Waals surface area contributed by atoms with Crippen molar-refractivity contribution in [3.63, 3.8) is 0 Å². The van der Waals surface area contributed by atoms with Crippen molar-refractivity contribution in [2.45, 2.75) is 12.5 Å². The van der Waals surface area contributed by atoms with Crippen molar-refractivity contribution in [3.8, 4) is 17.2 Å². The number of hydrogen-bond acceptors (Lipinski definition) is 6. The topological polar surface area (TPSA) is 77.0 Å². The van der Waals surface area contributed by atoms with Gasteiger partial charge >= 0.3 is 0 Å². The van der Waals surface area contributed by atoms with Crippen LogP contribution in [-0.4, -0.2) is 38.9 Å². The Labute approximate surface area is 157 Å². The summed E-state index contributed by atoms with van der Waals surface area (Å²) >= 11 is 1.44.